The molecule has 0 saturated heterocycles. The molecular weight excluding hydrogens is 208 g/mol. The largest absolute Gasteiger partial charge is 0.373 e. The first-order valence-electron chi connectivity index (χ1n) is 6.07. The first kappa shape index (κ1) is 11.9. The van der Waals surface area contributed by atoms with Gasteiger partial charge in [-0.3, -0.25) is 0 Å². The number of anilines is 1. The van der Waals surface area contributed by atoms with E-state index in [2.05, 4.69) is 60.6 Å². The monoisotopic (exact) mass is 228 g/mol. The third kappa shape index (κ3) is 2.77. The van der Waals surface area contributed by atoms with E-state index in [1.165, 1.54) is 22.0 Å². The Morgan fingerprint density at radius 3 is 2.53 bits per heavy atom. The van der Waals surface area contributed by atoms with Crippen molar-refractivity contribution in [3.63, 3.8) is 0 Å². The molecule has 2 aromatic carbocycles. The van der Waals surface area contributed by atoms with Crippen LogP contribution in [0, 0.1) is 6.92 Å². The summed E-state index contributed by atoms with van der Waals surface area (Å²) in [6.07, 6.45) is 0. The predicted molar refractivity (Wildman–Crippen MR) is 75.9 cm³/mol. The Morgan fingerprint density at radius 2 is 1.76 bits per heavy atom. The topological polar surface area (TPSA) is 15.3 Å². The van der Waals surface area contributed by atoms with Gasteiger partial charge in [-0.15, -0.1) is 0 Å². The van der Waals surface area contributed by atoms with Crippen molar-refractivity contribution in [2.45, 2.75) is 6.92 Å². The minimum atomic E-state index is 1.00. The average molecular weight is 228 g/mol. The van der Waals surface area contributed by atoms with Gasteiger partial charge in [0.25, 0.3) is 0 Å². The zero-order valence-electron chi connectivity index (χ0n) is 10.8. The molecule has 1 N–H and O–H groups in total. The number of fused-ring (bicyclic) bond motifs is 1. The van der Waals surface area contributed by atoms with Gasteiger partial charge in [0.05, 0.1) is 0 Å². The molecule has 2 nitrogen and oxygen atoms in total. The van der Waals surface area contributed by atoms with E-state index in [-0.39, 0.29) is 0 Å². The smallest absolute Gasteiger partial charge is 0.0370 e. The Kier molecular flexibility index (Phi) is 3.64. The molecule has 0 amide bonds. The van der Waals surface area contributed by atoms with Gasteiger partial charge in [0.1, 0.15) is 0 Å². The quantitative estimate of drug-likeness (QED) is 0.865. The number of likely N-dealkylation sites (N-methyl/N-ethyl adjacent to an activating group) is 2. The van der Waals surface area contributed by atoms with E-state index in [0.717, 1.165) is 13.1 Å². The number of hydrogen-bond donors (Lipinski definition) is 1. The number of rotatable bonds is 4. The van der Waals surface area contributed by atoms with Crippen LogP contribution in [0.5, 0.6) is 0 Å². The van der Waals surface area contributed by atoms with Crippen LogP contribution in [0.15, 0.2) is 36.4 Å². The van der Waals surface area contributed by atoms with Crippen molar-refractivity contribution in [3.05, 3.63) is 42.0 Å². The second-order valence-corrected chi connectivity index (χ2v) is 4.56. The molecule has 0 bridgehead atoms. The van der Waals surface area contributed by atoms with Gasteiger partial charge < -0.3 is 10.2 Å². The number of benzene rings is 2. The maximum absolute atomic E-state index is 3.17. The van der Waals surface area contributed by atoms with E-state index in [4.69, 9.17) is 0 Å². The minimum Gasteiger partial charge on any atom is -0.373 e. The lowest BCUT2D eigenvalue weighted by atomic mass is 10.1. The fourth-order valence-electron chi connectivity index (χ4n) is 2.00. The van der Waals surface area contributed by atoms with Crippen molar-refractivity contribution in [1.82, 2.24) is 5.32 Å². The molecular formula is C15H20N2. The first-order valence-corrected chi connectivity index (χ1v) is 6.07. The molecule has 2 rings (SSSR count). The van der Waals surface area contributed by atoms with Crippen LogP contribution in [0.2, 0.25) is 0 Å². The molecule has 0 heterocycles. The van der Waals surface area contributed by atoms with Crippen molar-refractivity contribution in [2.75, 3.05) is 32.1 Å². The summed E-state index contributed by atoms with van der Waals surface area (Å²) in [5.74, 6) is 0. The van der Waals surface area contributed by atoms with Crippen LogP contribution in [0.1, 0.15) is 5.56 Å². The molecule has 2 aromatic rings. The Labute approximate surface area is 103 Å². The van der Waals surface area contributed by atoms with Crippen LogP contribution < -0.4 is 10.2 Å². The van der Waals surface area contributed by atoms with Crippen LogP contribution in [0.3, 0.4) is 0 Å². The van der Waals surface area contributed by atoms with E-state index in [0.29, 0.717) is 0 Å². The Balaban J connectivity index is 2.28. The van der Waals surface area contributed by atoms with Crippen LogP contribution >= 0.6 is 0 Å². The number of nitrogens with one attached hydrogen (secondary N) is 1. The summed E-state index contributed by atoms with van der Waals surface area (Å²) in [5, 5.41) is 5.80. The average Bonchev–Trinajstić information content (AvgIpc) is 2.35. The molecule has 0 aliphatic rings. The molecule has 90 valence electrons. The zero-order chi connectivity index (χ0) is 12.3. The molecule has 0 aliphatic carbocycles. The highest BCUT2D eigenvalue weighted by molar-refractivity contribution is 5.86. The SMILES string of the molecule is CNCCN(C)c1ccc2cc(C)ccc2c1. The molecule has 0 atom stereocenters. The van der Waals surface area contributed by atoms with Crippen molar-refractivity contribution < 1.29 is 0 Å². The van der Waals surface area contributed by atoms with Gasteiger partial charge in [-0.2, -0.15) is 0 Å². The molecule has 0 unspecified atom stereocenters. The zero-order valence-corrected chi connectivity index (χ0v) is 10.8. The summed E-state index contributed by atoms with van der Waals surface area (Å²) in [6.45, 7) is 4.16. The molecule has 0 saturated carbocycles. The second kappa shape index (κ2) is 5.19. The molecule has 17 heavy (non-hydrogen) atoms. The van der Waals surface area contributed by atoms with E-state index < -0.39 is 0 Å². The van der Waals surface area contributed by atoms with Crippen LogP contribution in [-0.2, 0) is 0 Å². The van der Waals surface area contributed by atoms with E-state index >= 15 is 0 Å². The predicted octanol–water partition coefficient (Wildman–Crippen LogP) is 2.80. The normalized spacial score (nSPS) is 10.8. The summed E-state index contributed by atoms with van der Waals surface area (Å²) in [4.78, 5) is 2.27. The van der Waals surface area contributed by atoms with E-state index in [1.807, 2.05) is 7.05 Å². The summed E-state index contributed by atoms with van der Waals surface area (Å²) in [6, 6.07) is 13.2. The van der Waals surface area contributed by atoms with Gasteiger partial charge in [0.15, 0.2) is 0 Å². The third-order valence-corrected chi connectivity index (χ3v) is 3.12. The molecule has 2 heteroatoms. The highest BCUT2D eigenvalue weighted by Crippen LogP contribution is 2.22. The van der Waals surface area contributed by atoms with Gasteiger partial charge in [-0.1, -0.05) is 29.8 Å². The number of hydrogen-bond acceptors (Lipinski definition) is 2. The van der Waals surface area contributed by atoms with Crippen molar-refractivity contribution in [2.24, 2.45) is 0 Å². The van der Waals surface area contributed by atoms with E-state index in [1.54, 1.807) is 0 Å². The maximum atomic E-state index is 3.17. The fourth-order valence-corrected chi connectivity index (χ4v) is 2.00. The highest BCUT2D eigenvalue weighted by Gasteiger charge is 2.01. The lowest BCUT2D eigenvalue weighted by molar-refractivity contribution is 0.768. The minimum absolute atomic E-state index is 1.00. The standard InChI is InChI=1S/C15H20N2/c1-12-4-5-14-11-15(7-6-13(14)10-12)17(3)9-8-16-2/h4-7,10-11,16H,8-9H2,1-3H3. The summed E-state index contributed by atoms with van der Waals surface area (Å²) in [7, 11) is 4.11. The lowest BCUT2D eigenvalue weighted by Gasteiger charge is -2.19. The van der Waals surface area contributed by atoms with Crippen LogP contribution in [0.4, 0.5) is 5.69 Å². The molecule has 0 fully saturated rings. The number of nitrogens with zero attached hydrogens (tertiary/aromatic N) is 1. The van der Waals surface area contributed by atoms with Crippen molar-refractivity contribution in [3.8, 4) is 0 Å². The number of aryl methyl sites for hydroxylation is 1. The van der Waals surface area contributed by atoms with Crippen LogP contribution in [0.25, 0.3) is 10.8 Å². The van der Waals surface area contributed by atoms with E-state index in [9.17, 15) is 0 Å². The molecule has 0 aromatic heterocycles. The van der Waals surface area contributed by atoms with Gasteiger partial charge in [-0.25, -0.2) is 0 Å². The van der Waals surface area contributed by atoms with Crippen molar-refractivity contribution >= 4 is 16.5 Å². The lowest BCUT2D eigenvalue weighted by Crippen LogP contribution is -2.26. The van der Waals surface area contributed by atoms with Crippen LogP contribution in [-0.4, -0.2) is 27.2 Å². The summed E-state index contributed by atoms with van der Waals surface area (Å²) >= 11 is 0. The Hall–Kier alpha value is -1.54. The Bertz CT molecular complexity index is 505. The first-order chi connectivity index (χ1) is 8.20. The van der Waals surface area contributed by atoms with Gasteiger partial charge in [0.2, 0.25) is 0 Å². The van der Waals surface area contributed by atoms with Gasteiger partial charge in [-0.05, 0) is 36.9 Å². The molecule has 0 radical (unpaired) electrons. The van der Waals surface area contributed by atoms with Gasteiger partial charge >= 0.3 is 0 Å². The highest BCUT2D eigenvalue weighted by atomic mass is 15.1. The summed E-state index contributed by atoms with van der Waals surface area (Å²) in [5.41, 5.74) is 2.59. The van der Waals surface area contributed by atoms with Crippen molar-refractivity contribution in [1.29, 1.82) is 0 Å². The van der Waals surface area contributed by atoms with Gasteiger partial charge in [0, 0.05) is 25.8 Å². The maximum Gasteiger partial charge on any atom is 0.0370 e. The fraction of sp³-hybridized carbons (Fsp3) is 0.333. The third-order valence-electron chi connectivity index (χ3n) is 3.12. The molecule has 0 spiro atoms. The Morgan fingerprint density at radius 1 is 1.06 bits per heavy atom. The second-order valence-electron chi connectivity index (χ2n) is 4.56. The summed E-state index contributed by atoms with van der Waals surface area (Å²) < 4.78 is 0. The molecule has 0 aliphatic heterocycles.